The summed E-state index contributed by atoms with van der Waals surface area (Å²) in [6.45, 7) is 1.51. The van der Waals surface area contributed by atoms with Gasteiger partial charge in [0.25, 0.3) is 5.89 Å². The first-order valence-corrected chi connectivity index (χ1v) is 9.18. The lowest BCUT2D eigenvalue weighted by Crippen LogP contribution is -2.07. The smallest absolute Gasteiger partial charge is 0.344 e. The first-order chi connectivity index (χ1) is 13.6. The summed E-state index contributed by atoms with van der Waals surface area (Å²) >= 11 is 3.40. The Bertz CT molecular complexity index is 1120. The average Bonchev–Trinajstić information content (AvgIpc) is 3.34. The molecule has 0 saturated heterocycles. The van der Waals surface area contributed by atoms with E-state index in [2.05, 4.69) is 31.2 Å². The van der Waals surface area contributed by atoms with Crippen LogP contribution < -0.4 is 0 Å². The summed E-state index contributed by atoms with van der Waals surface area (Å²) in [7, 11) is 0. The molecule has 0 aliphatic heterocycles. The van der Waals surface area contributed by atoms with Gasteiger partial charge in [0.15, 0.2) is 6.61 Å². The fraction of sp³-hybridized carbons (Fsp3) is 0.100. The number of aryl methyl sites for hydroxylation is 1. The maximum atomic E-state index is 12.6. The molecule has 0 aliphatic rings. The van der Waals surface area contributed by atoms with E-state index in [1.165, 1.54) is 0 Å². The maximum absolute atomic E-state index is 12.6. The van der Waals surface area contributed by atoms with Gasteiger partial charge in [-0.3, -0.25) is 0 Å². The van der Waals surface area contributed by atoms with E-state index in [1.807, 2.05) is 54.6 Å². The van der Waals surface area contributed by atoms with Crippen molar-refractivity contribution in [3.8, 4) is 22.6 Å². The van der Waals surface area contributed by atoms with E-state index in [0.29, 0.717) is 17.3 Å². The second-order valence-electron chi connectivity index (χ2n) is 5.93. The molecule has 0 spiro atoms. The van der Waals surface area contributed by atoms with Crippen molar-refractivity contribution in [2.75, 3.05) is 0 Å². The molecule has 8 heteroatoms. The van der Waals surface area contributed by atoms with Crippen molar-refractivity contribution in [1.82, 2.24) is 15.3 Å². The second-order valence-corrected chi connectivity index (χ2v) is 6.84. The standard InChI is InChI=1S/C20H14BrN3O4/c1-12-17(18(23-27-12)13-6-3-2-4-7-13)20(25)26-11-16-22-19(24-28-16)14-8-5-9-15(21)10-14/h2-10H,11H2,1H3. The monoisotopic (exact) mass is 439 g/mol. The van der Waals surface area contributed by atoms with Crippen LogP contribution in [0.3, 0.4) is 0 Å². The fourth-order valence-electron chi connectivity index (χ4n) is 2.66. The Morgan fingerprint density at radius 1 is 1.04 bits per heavy atom. The number of ether oxygens (including phenoxy) is 1. The molecule has 4 aromatic rings. The van der Waals surface area contributed by atoms with Crippen LogP contribution in [-0.4, -0.2) is 21.3 Å². The minimum atomic E-state index is -0.570. The minimum absolute atomic E-state index is 0.154. The van der Waals surface area contributed by atoms with Gasteiger partial charge in [0.05, 0.1) is 0 Å². The van der Waals surface area contributed by atoms with Gasteiger partial charge in [0.2, 0.25) is 5.82 Å². The van der Waals surface area contributed by atoms with Crippen LogP contribution in [0.15, 0.2) is 68.1 Å². The summed E-state index contributed by atoms with van der Waals surface area (Å²) in [6.07, 6.45) is 0. The predicted octanol–water partition coefficient (Wildman–Crippen LogP) is 4.82. The number of hydrogen-bond acceptors (Lipinski definition) is 7. The van der Waals surface area contributed by atoms with Crippen LogP contribution in [0.4, 0.5) is 0 Å². The molecule has 0 unspecified atom stereocenters. The lowest BCUT2D eigenvalue weighted by Gasteiger charge is -2.03. The SMILES string of the molecule is Cc1onc(-c2ccccc2)c1C(=O)OCc1nc(-c2cccc(Br)c2)no1. The molecule has 0 amide bonds. The van der Waals surface area contributed by atoms with E-state index in [-0.39, 0.29) is 18.1 Å². The first kappa shape index (κ1) is 18.1. The number of hydrogen-bond donors (Lipinski definition) is 0. The molecule has 2 aromatic carbocycles. The van der Waals surface area contributed by atoms with Crippen molar-refractivity contribution >= 4 is 21.9 Å². The van der Waals surface area contributed by atoms with Crippen LogP contribution in [0.1, 0.15) is 22.0 Å². The highest BCUT2D eigenvalue weighted by Crippen LogP contribution is 2.26. The Hall–Kier alpha value is -3.26. The summed E-state index contributed by atoms with van der Waals surface area (Å²) in [5.74, 6) is 0.418. The summed E-state index contributed by atoms with van der Waals surface area (Å²) in [5.41, 5.74) is 2.26. The van der Waals surface area contributed by atoms with Crippen LogP contribution in [0, 0.1) is 6.92 Å². The number of aromatic nitrogens is 3. The first-order valence-electron chi connectivity index (χ1n) is 8.39. The summed E-state index contributed by atoms with van der Waals surface area (Å²) in [6, 6.07) is 16.8. The highest BCUT2D eigenvalue weighted by atomic mass is 79.9. The molecule has 140 valence electrons. The number of rotatable bonds is 5. The van der Waals surface area contributed by atoms with Crippen molar-refractivity contribution in [3.63, 3.8) is 0 Å². The van der Waals surface area contributed by atoms with Crippen LogP contribution in [-0.2, 0) is 11.3 Å². The molecular formula is C20H14BrN3O4. The molecule has 28 heavy (non-hydrogen) atoms. The van der Waals surface area contributed by atoms with Gasteiger partial charge in [-0.15, -0.1) is 0 Å². The number of carbonyl (C=O) groups excluding carboxylic acids is 1. The zero-order chi connectivity index (χ0) is 19.5. The summed E-state index contributed by atoms with van der Waals surface area (Å²) in [5, 5.41) is 7.90. The minimum Gasteiger partial charge on any atom is -0.452 e. The van der Waals surface area contributed by atoms with E-state index in [1.54, 1.807) is 6.92 Å². The van der Waals surface area contributed by atoms with Crippen molar-refractivity contribution in [2.24, 2.45) is 0 Å². The van der Waals surface area contributed by atoms with Gasteiger partial charge in [0.1, 0.15) is 17.0 Å². The van der Waals surface area contributed by atoms with Gasteiger partial charge >= 0.3 is 5.97 Å². The van der Waals surface area contributed by atoms with Crippen molar-refractivity contribution in [2.45, 2.75) is 13.5 Å². The largest absolute Gasteiger partial charge is 0.452 e. The molecular weight excluding hydrogens is 426 g/mol. The van der Waals surface area contributed by atoms with Gasteiger partial charge in [-0.1, -0.05) is 68.7 Å². The van der Waals surface area contributed by atoms with Crippen molar-refractivity contribution in [1.29, 1.82) is 0 Å². The number of carbonyl (C=O) groups is 1. The topological polar surface area (TPSA) is 91.2 Å². The Morgan fingerprint density at radius 3 is 2.61 bits per heavy atom. The van der Waals surface area contributed by atoms with E-state index in [9.17, 15) is 4.79 Å². The quantitative estimate of drug-likeness (QED) is 0.411. The Labute approximate surface area is 168 Å². The molecule has 0 aliphatic carbocycles. The second kappa shape index (κ2) is 7.77. The summed E-state index contributed by atoms with van der Waals surface area (Å²) < 4.78 is 16.6. The molecule has 0 radical (unpaired) electrons. The molecule has 0 bridgehead atoms. The third-order valence-electron chi connectivity index (χ3n) is 3.99. The van der Waals surface area contributed by atoms with Crippen molar-refractivity contribution in [3.05, 3.63) is 76.3 Å². The third kappa shape index (κ3) is 3.72. The number of nitrogens with zero attached hydrogens (tertiary/aromatic N) is 3. The van der Waals surface area contributed by atoms with Crippen molar-refractivity contribution < 1.29 is 18.6 Å². The predicted molar refractivity (Wildman–Crippen MR) is 103 cm³/mol. The fourth-order valence-corrected chi connectivity index (χ4v) is 3.06. The van der Waals surface area contributed by atoms with Crippen LogP contribution in [0.25, 0.3) is 22.6 Å². The molecule has 7 nitrogen and oxygen atoms in total. The van der Waals surface area contributed by atoms with E-state index in [0.717, 1.165) is 15.6 Å². The normalized spacial score (nSPS) is 10.8. The van der Waals surface area contributed by atoms with Gasteiger partial charge < -0.3 is 13.8 Å². The van der Waals surface area contributed by atoms with E-state index in [4.69, 9.17) is 13.8 Å². The molecule has 4 rings (SSSR count). The Morgan fingerprint density at radius 2 is 1.82 bits per heavy atom. The van der Waals surface area contributed by atoms with Gasteiger partial charge in [0, 0.05) is 15.6 Å². The van der Waals surface area contributed by atoms with Gasteiger partial charge in [-0.2, -0.15) is 4.98 Å². The van der Waals surface area contributed by atoms with Gasteiger partial charge in [-0.25, -0.2) is 4.79 Å². The molecule has 0 N–H and O–H groups in total. The molecule has 2 heterocycles. The number of benzene rings is 2. The van der Waals surface area contributed by atoms with Crippen LogP contribution >= 0.6 is 15.9 Å². The number of esters is 1. The van der Waals surface area contributed by atoms with E-state index < -0.39 is 5.97 Å². The Balaban J connectivity index is 1.50. The molecule has 2 aromatic heterocycles. The van der Waals surface area contributed by atoms with E-state index >= 15 is 0 Å². The zero-order valence-corrected chi connectivity index (χ0v) is 16.3. The van der Waals surface area contributed by atoms with Crippen LogP contribution in [0.5, 0.6) is 0 Å². The maximum Gasteiger partial charge on any atom is 0.344 e. The lowest BCUT2D eigenvalue weighted by molar-refractivity contribution is 0.0428. The van der Waals surface area contributed by atoms with Gasteiger partial charge in [-0.05, 0) is 19.1 Å². The lowest BCUT2D eigenvalue weighted by atomic mass is 10.1. The summed E-state index contributed by atoms with van der Waals surface area (Å²) in [4.78, 5) is 16.9. The molecule has 0 fully saturated rings. The average molecular weight is 440 g/mol. The number of halogens is 1. The third-order valence-corrected chi connectivity index (χ3v) is 4.48. The zero-order valence-electron chi connectivity index (χ0n) is 14.8. The molecule has 0 saturated carbocycles. The highest BCUT2D eigenvalue weighted by Gasteiger charge is 2.23. The molecule has 0 atom stereocenters. The highest BCUT2D eigenvalue weighted by molar-refractivity contribution is 9.10. The Kier molecular flexibility index (Phi) is 5.03. The van der Waals surface area contributed by atoms with Crippen LogP contribution in [0.2, 0.25) is 0 Å².